The summed E-state index contributed by atoms with van der Waals surface area (Å²) < 4.78 is 110. The summed E-state index contributed by atoms with van der Waals surface area (Å²) in [5, 5.41) is 0. The van der Waals surface area contributed by atoms with Crippen molar-refractivity contribution in [3.05, 3.63) is 89.7 Å². The van der Waals surface area contributed by atoms with E-state index in [1.165, 1.54) is 47.7 Å². The molecule has 190 valence electrons. The molecule has 0 N–H and O–H groups in total. The number of halogens is 6. The number of hydrogen-bond donors (Lipinski definition) is 0. The molecule has 0 saturated carbocycles. The van der Waals surface area contributed by atoms with Gasteiger partial charge in [-0.15, -0.1) is 13.2 Å². The van der Waals surface area contributed by atoms with Gasteiger partial charge in [0.2, 0.25) is 0 Å². The van der Waals surface area contributed by atoms with Crippen LogP contribution in [-0.4, -0.2) is 24.2 Å². The molecule has 0 bridgehead atoms. The molecule has 36 heavy (non-hydrogen) atoms. The Morgan fingerprint density at radius 3 is 2.17 bits per heavy atom. The van der Waals surface area contributed by atoms with Gasteiger partial charge in [-0.2, -0.15) is 13.2 Å². The fourth-order valence-electron chi connectivity index (χ4n) is 3.52. The van der Waals surface area contributed by atoms with Crippen molar-refractivity contribution < 1.29 is 39.5 Å². The standard InChI is InChI=1S/C23H17F6N3O3S/c1-15-21(30-20-13-17(22(24,25)26)11-12-31(15)20)32(36(33,34)19-5-3-2-4-6-19)14-16-7-9-18(10-8-16)35-23(27,28)29/h2-13H,14H2,1H3. The minimum atomic E-state index is -4.90. The number of pyridine rings is 1. The van der Waals surface area contributed by atoms with Gasteiger partial charge in [0.25, 0.3) is 10.0 Å². The van der Waals surface area contributed by atoms with Crippen LogP contribution in [0.25, 0.3) is 5.65 Å². The third-order valence-electron chi connectivity index (χ3n) is 5.22. The predicted molar refractivity (Wildman–Crippen MR) is 118 cm³/mol. The second-order valence-corrected chi connectivity index (χ2v) is 9.54. The van der Waals surface area contributed by atoms with Crippen LogP contribution in [0.3, 0.4) is 0 Å². The largest absolute Gasteiger partial charge is 0.573 e. The minimum Gasteiger partial charge on any atom is -0.406 e. The number of aromatic nitrogens is 2. The highest BCUT2D eigenvalue weighted by Gasteiger charge is 2.33. The van der Waals surface area contributed by atoms with Crippen molar-refractivity contribution in [2.24, 2.45) is 0 Å². The average molecular weight is 529 g/mol. The molecule has 2 aromatic carbocycles. The summed E-state index contributed by atoms with van der Waals surface area (Å²) in [5.74, 6) is -0.624. The van der Waals surface area contributed by atoms with E-state index < -0.39 is 33.9 Å². The fraction of sp³-hybridized carbons (Fsp3) is 0.174. The summed E-state index contributed by atoms with van der Waals surface area (Å²) in [6, 6.07) is 13.5. The van der Waals surface area contributed by atoms with E-state index in [1.54, 1.807) is 6.07 Å². The fourth-order valence-corrected chi connectivity index (χ4v) is 5.00. The molecule has 0 fully saturated rings. The van der Waals surface area contributed by atoms with E-state index >= 15 is 0 Å². The highest BCUT2D eigenvalue weighted by molar-refractivity contribution is 7.92. The van der Waals surface area contributed by atoms with Gasteiger partial charge in [0, 0.05) is 6.20 Å². The maximum atomic E-state index is 13.6. The predicted octanol–water partition coefficient (Wildman–Crippen LogP) is 5.96. The molecule has 2 aromatic heterocycles. The summed E-state index contributed by atoms with van der Waals surface area (Å²) in [6.45, 7) is 1.14. The zero-order chi connectivity index (χ0) is 26.3. The number of anilines is 1. The van der Waals surface area contributed by atoms with Crippen LogP contribution in [0.2, 0.25) is 0 Å². The molecule has 0 radical (unpaired) electrons. The van der Waals surface area contributed by atoms with Crippen LogP contribution in [0.5, 0.6) is 5.75 Å². The lowest BCUT2D eigenvalue weighted by molar-refractivity contribution is -0.274. The highest BCUT2D eigenvalue weighted by Crippen LogP contribution is 2.33. The van der Waals surface area contributed by atoms with Crippen molar-refractivity contribution in [2.75, 3.05) is 4.31 Å². The van der Waals surface area contributed by atoms with Gasteiger partial charge in [-0.05, 0) is 48.9 Å². The first-order valence-corrected chi connectivity index (χ1v) is 11.7. The molecule has 13 heteroatoms. The number of imidazole rings is 1. The quantitative estimate of drug-likeness (QED) is 0.290. The van der Waals surface area contributed by atoms with Gasteiger partial charge < -0.3 is 9.14 Å². The molecule has 0 aliphatic carbocycles. The van der Waals surface area contributed by atoms with E-state index in [-0.39, 0.29) is 34.2 Å². The molecule has 4 aromatic rings. The highest BCUT2D eigenvalue weighted by atomic mass is 32.2. The van der Waals surface area contributed by atoms with Gasteiger partial charge in [-0.25, -0.2) is 17.7 Å². The van der Waals surface area contributed by atoms with Crippen molar-refractivity contribution in [3.63, 3.8) is 0 Å². The van der Waals surface area contributed by atoms with Crippen molar-refractivity contribution in [1.82, 2.24) is 9.38 Å². The van der Waals surface area contributed by atoms with Crippen LogP contribution in [-0.2, 0) is 22.7 Å². The molecule has 0 aliphatic rings. The Morgan fingerprint density at radius 2 is 1.58 bits per heavy atom. The number of nitrogens with zero attached hydrogens (tertiary/aromatic N) is 3. The molecular weight excluding hydrogens is 512 g/mol. The molecule has 0 aliphatic heterocycles. The van der Waals surface area contributed by atoms with E-state index in [1.807, 2.05) is 0 Å². The second kappa shape index (κ2) is 9.04. The summed E-state index contributed by atoms with van der Waals surface area (Å²) >= 11 is 0. The van der Waals surface area contributed by atoms with Gasteiger partial charge in [0.05, 0.1) is 22.7 Å². The Balaban J connectivity index is 1.80. The van der Waals surface area contributed by atoms with Crippen molar-refractivity contribution in [3.8, 4) is 5.75 Å². The summed E-state index contributed by atoms with van der Waals surface area (Å²) in [5.41, 5.74) is -0.546. The number of alkyl halides is 6. The van der Waals surface area contributed by atoms with Gasteiger partial charge >= 0.3 is 12.5 Å². The maximum absolute atomic E-state index is 13.6. The van der Waals surface area contributed by atoms with Crippen LogP contribution in [0.15, 0.2) is 77.8 Å². The number of ether oxygens (including phenoxy) is 1. The lowest BCUT2D eigenvalue weighted by Crippen LogP contribution is -2.31. The first-order chi connectivity index (χ1) is 16.8. The molecule has 0 atom stereocenters. The van der Waals surface area contributed by atoms with Crippen molar-refractivity contribution in [1.29, 1.82) is 0 Å². The van der Waals surface area contributed by atoms with Gasteiger partial charge in [0.15, 0.2) is 5.82 Å². The van der Waals surface area contributed by atoms with Crippen LogP contribution >= 0.6 is 0 Å². The van der Waals surface area contributed by atoms with Gasteiger partial charge in [0.1, 0.15) is 11.4 Å². The van der Waals surface area contributed by atoms with E-state index in [9.17, 15) is 34.8 Å². The molecular formula is C23H17F6N3O3S. The Hall–Kier alpha value is -3.74. The number of aryl methyl sites for hydroxylation is 1. The maximum Gasteiger partial charge on any atom is 0.573 e. The topological polar surface area (TPSA) is 63.9 Å². The normalized spacial score (nSPS) is 12.6. The lowest BCUT2D eigenvalue weighted by Gasteiger charge is -2.23. The molecule has 4 rings (SSSR count). The van der Waals surface area contributed by atoms with Crippen LogP contribution in [0.1, 0.15) is 16.8 Å². The molecule has 6 nitrogen and oxygen atoms in total. The number of rotatable bonds is 6. The monoisotopic (exact) mass is 529 g/mol. The molecule has 0 unspecified atom stereocenters. The van der Waals surface area contributed by atoms with Crippen molar-refractivity contribution in [2.45, 2.75) is 30.9 Å². The van der Waals surface area contributed by atoms with E-state index in [4.69, 9.17) is 0 Å². The third kappa shape index (κ3) is 5.25. The number of sulfonamides is 1. The zero-order valence-corrected chi connectivity index (χ0v) is 19.2. The molecule has 0 amide bonds. The Bertz CT molecular complexity index is 1480. The third-order valence-corrected chi connectivity index (χ3v) is 6.97. The number of benzene rings is 2. The Kier molecular flexibility index (Phi) is 6.37. The van der Waals surface area contributed by atoms with Gasteiger partial charge in [-0.1, -0.05) is 30.3 Å². The summed E-state index contributed by atoms with van der Waals surface area (Å²) in [4.78, 5) is 4.07. The van der Waals surface area contributed by atoms with Crippen LogP contribution < -0.4 is 9.04 Å². The summed E-state index contributed by atoms with van der Waals surface area (Å²) in [7, 11) is -4.28. The van der Waals surface area contributed by atoms with E-state index in [2.05, 4.69) is 9.72 Å². The first kappa shape index (κ1) is 25.4. The SMILES string of the molecule is Cc1c(N(Cc2ccc(OC(F)(F)F)cc2)S(=O)(=O)c2ccccc2)nc2cc(C(F)(F)F)ccn12. The van der Waals surface area contributed by atoms with E-state index in [0.717, 1.165) is 34.8 Å². The molecule has 0 saturated heterocycles. The minimum absolute atomic E-state index is 0.102. The zero-order valence-electron chi connectivity index (χ0n) is 18.4. The average Bonchev–Trinajstić information content (AvgIpc) is 3.13. The van der Waals surface area contributed by atoms with Crippen LogP contribution in [0, 0.1) is 6.92 Å². The number of fused-ring (bicyclic) bond motifs is 1. The summed E-state index contributed by atoms with van der Waals surface area (Å²) in [6.07, 6.45) is -8.38. The Morgan fingerprint density at radius 1 is 0.944 bits per heavy atom. The number of hydrogen-bond acceptors (Lipinski definition) is 4. The van der Waals surface area contributed by atoms with Crippen molar-refractivity contribution >= 4 is 21.5 Å². The van der Waals surface area contributed by atoms with E-state index in [0.29, 0.717) is 0 Å². The molecule has 2 heterocycles. The second-order valence-electron chi connectivity index (χ2n) is 7.68. The first-order valence-electron chi connectivity index (χ1n) is 10.2. The smallest absolute Gasteiger partial charge is 0.406 e. The Labute approximate surface area is 201 Å². The lowest BCUT2D eigenvalue weighted by atomic mass is 10.2. The molecule has 0 spiro atoms. The van der Waals surface area contributed by atoms with Crippen LogP contribution in [0.4, 0.5) is 32.2 Å². The van der Waals surface area contributed by atoms with Gasteiger partial charge in [-0.3, -0.25) is 0 Å².